The molecule has 15 unspecified atom stereocenters. The van der Waals surface area contributed by atoms with Crippen LogP contribution in [0.25, 0.3) is 0 Å². The first-order valence-electron chi connectivity index (χ1n) is 13.2. The van der Waals surface area contributed by atoms with Gasteiger partial charge in [0.2, 0.25) is 5.91 Å². The van der Waals surface area contributed by atoms with Gasteiger partial charge in [-0.15, -0.1) is 0 Å². The Morgan fingerprint density at radius 2 is 1.48 bits per heavy atom. The molecule has 19 N–H and O–H groups in total. The third kappa shape index (κ3) is 7.06. The van der Waals surface area contributed by atoms with E-state index in [-0.39, 0.29) is 25.9 Å². The molecule has 3 rings (SSSR count). The van der Waals surface area contributed by atoms with Crippen molar-refractivity contribution in [1.29, 1.82) is 0 Å². The number of hydrogen-bond acceptors (Lipinski definition) is 15. The zero-order valence-corrected chi connectivity index (χ0v) is 22.0. The molecule has 3 fully saturated rings. The average Bonchev–Trinajstić information content (AvgIpc) is 2.92. The molecular formula is C22H45N5O13+2. The van der Waals surface area contributed by atoms with Crippen LogP contribution in [0, 0.1) is 0 Å². The third-order valence-electron chi connectivity index (χ3n) is 7.60. The first kappa shape index (κ1) is 33.3. The molecule has 18 nitrogen and oxygen atoms in total. The summed E-state index contributed by atoms with van der Waals surface area (Å²) >= 11 is 0. The van der Waals surface area contributed by atoms with Crippen LogP contribution < -0.4 is 28.3 Å². The first-order valence-corrected chi connectivity index (χ1v) is 13.2. The summed E-state index contributed by atoms with van der Waals surface area (Å²) in [5.41, 5.74) is 19.4. The van der Waals surface area contributed by atoms with Gasteiger partial charge in [-0.05, 0) is 6.42 Å². The summed E-state index contributed by atoms with van der Waals surface area (Å²) in [6.07, 6.45) is -19.2. The SMILES string of the molecule is NC1CC(NC(=O)[C@@H](O)CC[NH3+])C(OC2OC(CO)C(O)C(N)C2O)C(O)C1OC1OC(C[NH3+])C(O)C(O)C1O. The van der Waals surface area contributed by atoms with Crippen LogP contribution in [0.2, 0.25) is 0 Å². The number of nitrogens with one attached hydrogen (secondary N) is 1. The number of aliphatic hydroxyl groups is 8. The Morgan fingerprint density at radius 1 is 0.875 bits per heavy atom. The van der Waals surface area contributed by atoms with E-state index in [4.69, 9.17) is 30.4 Å². The van der Waals surface area contributed by atoms with Gasteiger partial charge in [0.05, 0.1) is 25.2 Å². The largest absolute Gasteiger partial charge is 0.394 e. The van der Waals surface area contributed by atoms with Gasteiger partial charge in [0.1, 0.15) is 73.7 Å². The van der Waals surface area contributed by atoms with Crippen molar-refractivity contribution in [1.82, 2.24) is 5.32 Å². The second-order valence-corrected chi connectivity index (χ2v) is 10.5. The summed E-state index contributed by atoms with van der Waals surface area (Å²) in [6.45, 7) is -0.379. The van der Waals surface area contributed by atoms with Gasteiger partial charge in [-0.2, -0.15) is 0 Å². The van der Waals surface area contributed by atoms with E-state index in [1.807, 2.05) is 0 Å². The molecular weight excluding hydrogens is 542 g/mol. The highest BCUT2D eigenvalue weighted by molar-refractivity contribution is 5.80. The van der Waals surface area contributed by atoms with Crippen molar-refractivity contribution < 1.29 is 76.1 Å². The highest BCUT2D eigenvalue weighted by Gasteiger charge is 2.52. The van der Waals surface area contributed by atoms with E-state index in [1.54, 1.807) is 0 Å². The van der Waals surface area contributed by atoms with Crippen molar-refractivity contribution >= 4 is 5.91 Å². The highest BCUT2D eigenvalue weighted by atomic mass is 16.7. The van der Waals surface area contributed by atoms with Crippen LogP contribution in [-0.2, 0) is 23.7 Å². The predicted octanol–water partition coefficient (Wildman–Crippen LogP) is -9.86. The minimum Gasteiger partial charge on any atom is -0.394 e. The molecule has 0 spiro atoms. The van der Waals surface area contributed by atoms with Crippen molar-refractivity contribution in [2.45, 2.75) is 111 Å². The molecule has 2 aliphatic heterocycles. The number of ether oxygens (including phenoxy) is 4. The fourth-order valence-corrected chi connectivity index (χ4v) is 5.15. The van der Waals surface area contributed by atoms with Crippen molar-refractivity contribution in [3.8, 4) is 0 Å². The van der Waals surface area contributed by atoms with Crippen LogP contribution in [-0.4, -0.2) is 164 Å². The Bertz CT molecular complexity index is 815. The molecule has 234 valence electrons. The van der Waals surface area contributed by atoms with Gasteiger partial charge in [-0.1, -0.05) is 0 Å². The van der Waals surface area contributed by atoms with E-state index >= 15 is 0 Å². The Balaban J connectivity index is 1.85. The van der Waals surface area contributed by atoms with Gasteiger partial charge in [-0.25, -0.2) is 0 Å². The molecule has 2 heterocycles. The topological polar surface area (TPSA) is 335 Å². The summed E-state index contributed by atoms with van der Waals surface area (Å²) in [5.74, 6) is -0.798. The second kappa shape index (κ2) is 14.3. The zero-order chi connectivity index (χ0) is 29.9. The maximum Gasteiger partial charge on any atom is 0.249 e. The molecule has 16 atom stereocenters. The zero-order valence-electron chi connectivity index (χ0n) is 22.0. The third-order valence-corrected chi connectivity index (χ3v) is 7.60. The number of aliphatic hydroxyl groups excluding tert-OH is 8. The molecule has 3 aliphatic rings. The lowest BCUT2D eigenvalue weighted by atomic mass is 9.83. The standard InChI is InChI=1S/C22H43N5O13/c23-2-1-8(29)20(36)27-7-3-6(25)18(39-22-16(34)15(33)13(31)9(4-24)37-22)17(35)19(7)40-21-14(32)11(26)12(30)10(5-28)38-21/h6-19,21-22,28-35H,1-5,23-26H2,(H,27,36)/p+2/t6?,7?,8-,9?,10?,11?,12?,13?,14?,15?,16?,17?,18?,19?,21?,22?/m0/s1. The van der Waals surface area contributed by atoms with Crippen LogP contribution in [0.3, 0.4) is 0 Å². The van der Waals surface area contributed by atoms with Gasteiger partial charge < -0.3 is 88.1 Å². The van der Waals surface area contributed by atoms with Crippen LogP contribution in [0.5, 0.6) is 0 Å². The molecule has 0 aromatic heterocycles. The number of hydrogen-bond donors (Lipinski definition) is 13. The quantitative estimate of drug-likeness (QED) is 0.113. The van der Waals surface area contributed by atoms with Crippen LogP contribution >= 0.6 is 0 Å². The van der Waals surface area contributed by atoms with Gasteiger partial charge in [0, 0.05) is 12.5 Å². The summed E-state index contributed by atoms with van der Waals surface area (Å²) in [5, 5.41) is 85.1. The molecule has 0 aromatic rings. The van der Waals surface area contributed by atoms with E-state index in [0.717, 1.165) is 0 Å². The van der Waals surface area contributed by atoms with Crippen molar-refractivity contribution in [2.24, 2.45) is 11.5 Å². The predicted molar refractivity (Wildman–Crippen MR) is 129 cm³/mol. The number of nitrogens with two attached hydrogens (primary N) is 2. The molecule has 0 bridgehead atoms. The van der Waals surface area contributed by atoms with Crippen molar-refractivity contribution in [2.75, 3.05) is 19.7 Å². The molecule has 1 amide bonds. The fourth-order valence-electron chi connectivity index (χ4n) is 5.15. The Kier molecular flexibility index (Phi) is 11.9. The smallest absolute Gasteiger partial charge is 0.249 e. The maximum atomic E-state index is 12.6. The summed E-state index contributed by atoms with van der Waals surface area (Å²) in [6, 6.07) is -3.38. The van der Waals surface area contributed by atoms with Gasteiger partial charge in [-0.3, -0.25) is 4.79 Å². The summed E-state index contributed by atoms with van der Waals surface area (Å²) < 4.78 is 22.7. The molecule has 0 radical (unpaired) electrons. The molecule has 18 heteroatoms. The number of carbonyl (C=O) groups excluding carboxylic acids is 1. The van der Waals surface area contributed by atoms with E-state index < -0.39 is 110 Å². The molecule has 40 heavy (non-hydrogen) atoms. The lowest BCUT2D eigenvalue weighted by molar-refractivity contribution is -0.417. The van der Waals surface area contributed by atoms with E-state index in [1.165, 1.54) is 0 Å². The van der Waals surface area contributed by atoms with Crippen LogP contribution in [0.15, 0.2) is 0 Å². The number of rotatable bonds is 10. The van der Waals surface area contributed by atoms with E-state index in [9.17, 15) is 45.6 Å². The lowest BCUT2D eigenvalue weighted by Gasteiger charge is -2.48. The fraction of sp³-hybridized carbons (Fsp3) is 0.955. The minimum absolute atomic E-state index is 0.0224. The van der Waals surface area contributed by atoms with Crippen LogP contribution in [0.4, 0.5) is 0 Å². The minimum atomic E-state index is -1.72. The molecule has 1 saturated carbocycles. The lowest BCUT2D eigenvalue weighted by Crippen LogP contribution is -2.70. The van der Waals surface area contributed by atoms with Gasteiger partial charge in [0.15, 0.2) is 12.6 Å². The molecule has 0 aromatic carbocycles. The molecule has 1 aliphatic carbocycles. The Hall–Kier alpha value is -1.17. The summed E-state index contributed by atoms with van der Waals surface area (Å²) in [4.78, 5) is 12.6. The highest BCUT2D eigenvalue weighted by Crippen LogP contribution is 2.32. The summed E-state index contributed by atoms with van der Waals surface area (Å²) in [7, 11) is 0. The normalized spacial score (nSPS) is 47.0. The van der Waals surface area contributed by atoms with Crippen molar-refractivity contribution in [3.05, 3.63) is 0 Å². The number of quaternary nitrogens is 2. The average molecular weight is 588 g/mol. The van der Waals surface area contributed by atoms with E-state index in [2.05, 4.69) is 16.8 Å². The first-order chi connectivity index (χ1) is 18.9. The maximum absolute atomic E-state index is 12.6. The van der Waals surface area contributed by atoms with Gasteiger partial charge in [0.25, 0.3) is 0 Å². The Labute approximate surface area is 229 Å². The Morgan fingerprint density at radius 3 is 2.08 bits per heavy atom. The van der Waals surface area contributed by atoms with Crippen molar-refractivity contribution in [3.63, 3.8) is 0 Å². The van der Waals surface area contributed by atoms with E-state index in [0.29, 0.717) is 0 Å². The number of carbonyl (C=O) groups is 1. The molecule has 2 saturated heterocycles. The monoisotopic (exact) mass is 587 g/mol. The van der Waals surface area contributed by atoms with Crippen LogP contribution in [0.1, 0.15) is 12.8 Å². The van der Waals surface area contributed by atoms with Gasteiger partial charge >= 0.3 is 0 Å². The second-order valence-electron chi connectivity index (χ2n) is 10.5. The number of amides is 1.